The molecule has 2 aromatic carbocycles. The van der Waals surface area contributed by atoms with E-state index in [0.717, 1.165) is 23.0 Å². The molecule has 0 radical (unpaired) electrons. The molecule has 2 heterocycles. The quantitative estimate of drug-likeness (QED) is 0.477. The zero-order valence-electron chi connectivity index (χ0n) is 15.8. The molecule has 0 bridgehead atoms. The molecular formula is C20H14FN7O2S. The van der Waals surface area contributed by atoms with Gasteiger partial charge in [0.25, 0.3) is 5.91 Å². The first-order valence-corrected chi connectivity index (χ1v) is 9.88. The molecule has 154 valence electrons. The Hall–Kier alpha value is -4.04. The van der Waals surface area contributed by atoms with Gasteiger partial charge in [-0.1, -0.05) is 23.9 Å². The van der Waals surface area contributed by atoms with Crippen LogP contribution in [0.25, 0.3) is 5.69 Å². The van der Waals surface area contributed by atoms with Crippen LogP contribution in [0.3, 0.4) is 0 Å². The molecule has 9 nitrogen and oxygen atoms in total. The molecular weight excluding hydrogens is 421 g/mol. The molecule has 0 spiro atoms. The number of hydrogen-bond acceptors (Lipinski definition) is 7. The highest BCUT2D eigenvalue weighted by Crippen LogP contribution is 2.41. The van der Waals surface area contributed by atoms with Gasteiger partial charge in [-0.2, -0.15) is 5.26 Å². The summed E-state index contributed by atoms with van der Waals surface area (Å²) >= 11 is 1.08. The minimum Gasteiger partial charge on any atom is -0.365 e. The molecule has 1 atom stereocenters. The second-order valence-corrected chi connectivity index (χ2v) is 7.73. The van der Waals surface area contributed by atoms with Crippen LogP contribution in [-0.2, 0) is 16.0 Å². The number of benzene rings is 2. The van der Waals surface area contributed by atoms with Gasteiger partial charge in [0.1, 0.15) is 28.8 Å². The van der Waals surface area contributed by atoms with Crippen LogP contribution in [0.2, 0.25) is 0 Å². The lowest BCUT2D eigenvalue weighted by molar-refractivity contribution is -0.117. The van der Waals surface area contributed by atoms with Gasteiger partial charge >= 0.3 is 0 Å². The van der Waals surface area contributed by atoms with Crippen LogP contribution in [0.15, 0.2) is 65.5 Å². The lowest BCUT2D eigenvalue weighted by atomic mass is 10.1. The van der Waals surface area contributed by atoms with Crippen molar-refractivity contribution in [3.8, 4) is 11.8 Å². The van der Waals surface area contributed by atoms with E-state index in [0.29, 0.717) is 12.1 Å². The van der Waals surface area contributed by atoms with E-state index in [4.69, 9.17) is 5.73 Å². The van der Waals surface area contributed by atoms with Gasteiger partial charge in [0.05, 0.1) is 10.9 Å². The van der Waals surface area contributed by atoms with Gasteiger partial charge in [-0.25, -0.2) is 9.07 Å². The summed E-state index contributed by atoms with van der Waals surface area (Å²) in [5.41, 5.74) is 6.92. The van der Waals surface area contributed by atoms with Gasteiger partial charge in [0, 0.05) is 5.69 Å². The normalized spacial score (nSPS) is 17.5. The highest BCUT2D eigenvalue weighted by Gasteiger charge is 2.40. The number of aromatic nitrogens is 4. The van der Waals surface area contributed by atoms with E-state index in [-0.39, 0.29) is 16.5 Å². The first kappa shape index (κ1) is 20.2. The Morgan fingerprint density at radius 1 is 1.23 bits per heavy atom. The number of carbonyl (C=O) groups excluding carboxylic acids is 2. The largest absolute Gasteiger partial charge is 0.365 e. The Morgan fingerprint density at radius 3 is 2.65 bits per heavy atom. The third-order valence-electron chi connectivity index (χ3n) is 4.55. The van der Waals surface area contributed by atoms with E-state index in [9.17, 15) is 19.2 Å². The van der Waals surface area contributed by atoms with Gasteiger partial charge in [0.15, 0.2) is 0 Å². The number of amides is 2. The summed E-state index contributed by atoms with van der Waals surface area (Å²) in [4.78, 5) is 26.3. The fourth-order valence-corrected chi connectivity index (χ4v) is 4.46. The summed E-state index contributed by atoms with van der Waals surface area (Å²) in [6.07, 6.45) is 1.77. The van der Waals surface area contributed by atoms with Crippen molar-refractivity contribution < 1.29 is 14.0 Å². The number of tetrazole rings is 1. The van der Waals surface area contributed by atoms with Crippen molar-refractivity contribution in [3.63, 3.8) is 0 Å². The number of hydrogen-bond donors (Lipinski definition) is 1. The fraction of sp³-hybridized carbons (Fsp3) is 0.100. The molecule has 1 aromatic heterocycles. The summed E-state index contributed by atoms with van der Waals surface area (Å²) in [5.74, 6) is -1.75. The van der Waals surface area contributed by atoms with Crippen LogP contribution in [-0.4, -0.2) is 37.3 Å². The molecule has 31 heavy (non-hydrogen) atoms. The highest BCUT2D eigenvalue weighted by atomic mass is 32.2. The molecule has 1 aliphatic heterocycles. The van der Waals surface area contributed by atoms with Gasteiger partial charge in [0.2, 0.25) is 5.91 Å². The molecule has 3 aromatic rings. The number of thioether (sulfide) groups is 1. The Morgan fingerprint density at radius 2 is 2.00 bits per heavy atom. The third kappa shape index (κ3) is 4.01. The van der Waals surface area contributed by atoms with Crippen molar-refractivity contribution in [2.75, 3.05) is 4.90 Å². The van der Waals surface area contributed by atoms with Crippen molar-refractivity contribution in [1.29, 1.82) is 5.26 Å². The average Bonchev–Trinajstić information content (AvgIpc) is 3.39. The van der Waals surface area contributed by atoms with E-state index in [2.05, 4.69) is 15.5 Å². The van der Waals surface area contributed by atoms with Crippen LogP contribution >= 0.6 is 11.8 Å². The summed E-state index contributed by atoms with van der Waals surface area (Å²) in [7, 11) is 0. The lowest BCUT2D eigenvalue weighted by Gasteiger charge is -2.18. The number of carbonyl (C=O) groups is 2. The topological polar surface area (TPSA) is 131 Å². The number of halogens is 1. The standard InChI is InChI=1S/C20H14FN7O2S/c21-13-4-6-14(7-5-13)28-19(30)17(31-20(28)16(10-22)18(23)29)9-12-2-1-3-15(8-12)27-11-24-25-26-27/h1-8,11,17H,9H2,(H2,23,29)/b20-16+/t17-/m1/s1. The summed E-state index contributed by atoms with van der Waals surface area (Å²) in [6, 6.07) is 14.3. The predicted octanol–water partition coefficient (Wildman–Crippen LogP) is 1.71. The number of rotatable bonds is 5. The van der Waals surface area contributed by atoms with E-state index < -0.39 is 17.0 Å². The van der Waals surface area contributed by atoms with Gasteiger partial charge in [-0.3, -0.25) is 14.5 Å². The van der Waals surface area contributed by atoms with E-state index in [1.54, 1.807) is 6.07 Å². The molecule has 0 saturated carbocycles. The number of nitrogens with zero attached hydrogens (tertiary/aromatic N) is 6. The fourth-order valence-electron chi connectivity index (χ4n) is 3.14. The maximum absolute atomic E-state index is 13.4. The van der Waals surface area contributed by atoms with Gasteiger partial charge in [-0.15, -0.1) is 5.10 Å². The Balaban J connectivity index is 1.69. The maximum atomic E-state index is 13.4. The van der Waals surface area contributed by atoms with Crippen LogP contribution in [0, 0.1) is 17.1 Å². The van der Waals surface area contributed by atoms with E-state index in [1.807, 2.05) is 24.3 Å². The first-order valence-electron chi connectivity index (χ1n) is 9.00. The molecule has 0 unspecified atom stereocenters. The Kier molecular flexibility index (Phi) is 5.46. The van der Waals surface area contributed by atoms with Crippen molar-refractivity contribution in [2.45, 2.75) is 11.7 Å². The maximum Gasteiger partial charge on any atom is 0.262 e. The van der Waals surface area contributed by atoms with Crippen molar-refractivity contribution in [2.24, 2.45) is 5.73 Å². The van der Waals surface area contributed by atoms with E-state index >= 15 is 0 Å². The van der Waals surface area contributed by atoms with Gasteiger partial charge in [-0.05, 0) is 58.8 Å². The molecule has 2 N–H and O–H groups in total. The molecule has 1 aliphatic rings. The van der Waals surface area contributed by atoms with Gasteiger partial charge < -0.3 is 5.73 Å². The summed E-state index contributed by atoms with van der Waals surface area (Å²) in [6.45, 7) is 0. The lowest BCUT2D eigenvalue weighted by Crippen LogP contribution is -2.31. The smallest absolute Gasteiger partial charge is 0.262 e. The second-order valence-electron chi connectivity index (χ2n) is 6.54. The van der Waals surface area contributed by atoms with Crippen molar-refractivity contribution in [3.05, 3.63) is 76.8 Å². The predicted molar refractivity (Wildman–Crippen MR) is 110 cm³/mol. The molecule has 2 amide bonds. The molecule has 0 aliphatic carbocycles. The SMILES string of the molecule is N#C/C(C(N)=O)=C1\S[C@H](Cc2cccc(-n3cnnn3)c2)C(=O)N1c1ccc(F)cc1. The second kappa shape index (κ2) is 8.37. The number of nitriles is 1. The minimum absolute atomic E-state index is 0.133. The number of nitrogens with two attached hydrogens (primary N) is 1. The third-order valence-corrected chi connectivity index (χ3v) is 5.82. The zero-order valence-corrected chi connectivity index (χ0v) is 16.7. The molecule has 4 rings (SSSR count). The average molecular weight is 435 g/mol. The monoisotopic (exact) mass is 435 g/mol. The van der Waals surface area contributed by atoms with Crippen LogP contribution in [0.5, 0.6) is 0 Å². The zero-order chi connectivity index (χ0) is 22.0. The molecule has 1 saturated heterocycles. The minimum atomic E-state index is -0.939. The number of anilines is 1. The highest BCUT2D eigenvalue weighted by molar-refractivity contribution is 8.05. The van der Waals surface area contributed by atoms with Crippen molar-refractivity contribution >= 4 is 29.3 Å². The first-order chi connectivity index (χ1) is 15.0. The van der Waals surface area contributed by atoms with Crippen molar-refractivity contribution in [1.82, 2.24) is 20.2 Å². The number of primary amides is 1. The van der Waals surface area contributed by atoms with Crippen LogP contribution < -0.4 is 10.6 Å². The molecule has 1 fully saturated rings. The summed E-state index contributed by atoms with van der Waals surface area (Å²) in [5, 5.41) is 20.0. The van der Waals surface area contributed by atoms with Crippen LogP contribution in [0.4, 0.5) is 10.1 Å². The Bertz CT molecular complexity index is 1220. The molecule has 11 heteroatoms. The van der Waals surface area contributed by atoms with Crippen LogP contribution in [0.1, 0.15) is 5.56 Å². The summed E-state index contributed by atoms with van der Waals surface area (Å²) < 4.78 is 14.9. The van der Waals surface area contributed by atoms with E-state index in [1.165, 1.54) is 40.2 Å². The Labute approximate surface area is 179 Å².